The summed E-state index contributed by atoms with van der Waals surface area (Å²) >= 11 is 5.42. The number of alkyl halides is 1. The van der Waals surface area contributed by atoms with Crippen LogP contribution in [0.4, 0.5) is 4.39 Å². The van der Waals surface area contributed by atoms with E-state index < -0.39 is 15.8 Å². The Morgan fingerprint density at radius 2 is 2.08 bits per heavy atom. The van der Waals surface area contributed by atoms with Gasteiger partial charge in [-0.1, -0.05) is 0 Å². The Labute approximate surface area is 146 Å². The Morgan fingerprint density at radius 1 is 1.42 bits per heavy atom. The smallest absolute Gasteiger partial charge is 0.243 e. The fourth-order valence-electron chi connectivity index (χ4n) is 2.62. The second-order valence-electron chi connectivity index (χ2n) is 5.58. The van der Waals surface area contributed by atoms with E-state index in [0.717, 1.165) is 6.07 Å². The van der Waals surface area contributed by atoms with Crippen molar-refractivity contribution in [2.24, 2.45) is 5.92 Å². The summed E-state index contributed by atoms with van der Waals surface area (Å²) in [4.78, 5) is 11.1. The van der Waals surface area contributed by atoms with E-state index in [2.05, 4.69) is 5.32 Å². The summed E-state index contributed by atoms with van der Waals surface area (Å²) in [6.07, 6.45) is 1.25. The lowest BCUT2D eigenvalue weighted by molar-refractivity contribution is -0.118. The van der Waals surface area contributed by atoms with Crippen molar-refractivity contribution >= 4 is 27.5 Å². The summed E-state index contributed by atoms with van der Waals surface area (Å²) in [6.45, 7) is 1.14. The summed E-state index contributed by atoms with van der Waals surface area (Å²) in [5.74, 6) is -0.826. The number of hydrogen-bond donors (Lipinski definition) is 1. The maximum Gasteiger partial charge on any atom is 0.243 e. The lowest BCUT2D eigenvalue weighted by atomic mass is 9.98. The molecular formula is C15H20ClFN2O4S. The largest absolute Gasteiger partial charge is 0.494 e. The molecule has 0 aliphatic carbocycles. The van der Waals surface area contributed by atoms with Gasteiger partial charge in [-0.3, -0.25) is 4.79 Å². The van der Waals surface area contributed by atoms with Gasteiger partial charge >= 0.3 is 0 Å². The zero-order valence-electron chi connectivity index (χ0n) is 13.3. The quantitative estimate of drug-likeness (QED) is 0.763. The highest BCUT2D eigenvalue weighted by Crippen LogP contribution is 2.26. The number of benzene rings is 1. The molecule has 0 bridgehead atoms. The second-order valence-corrected chi connectivity index (χ2v) is 7.79. The van der Waals surface area contributed by atoms with Gasteiger partial charge in [-0.15, -0.1) is 11.6 Å². The molecule has 1 heterocycles. The molecule has 1 aromatic rings. The first-order valence-corrected chi connectivity index (χ1v) is 9.52. The number of hydrogen-bond acceptors (Lipinski definition) is 4. The van der Waals surface area contributed by atoms with Crippen LogP contribution in [0, 0.1) is 11.7 Å². The third kappa shape index (κ3) is 4.37. The summed E-state index contributed by atoms with van der Waals surface area (Å²) in [6, 6.07) is 3.61. The molecule has 1 aliphatic heterocycles. The standard InChI is InChI=1S/C15H20ClFN2O4S/c1-23-14-3-2-12(8-13(14)17)24(21,22)19-6-4-11(5-7-19)10-18-15(20)9-16/h2-3,8,11H,4-7,9-10H2,1H3,(H,18,20). The molecule has 1 N–H and O–H groups in total. The van der Waals surface area contributed by atoms with Gasteiger partial charge in [0.25, 0.3) is 0 Å². The Hall–Kier alpha value is -1.38. The predicted molar refractivity (Wildman–Crippen MR) is 88.2 cm³/mol. The average Bonchev–Trinajstić information content (AvgIpc) is 2.59. The normalized spacial score (nSPS) is 16.8. The monoisotopic (exact) mass is 378 g/mol. The molecule has 0 saturated carbocycles. The van der Waals surface area contributed by atoms with Crippen molar-refractivity contribution in [3.63, 3.8) is 0 Å². The van der Waals surface area contributed by atoms with E-state index >= 15 is 0 Å². The van der Waals surface area contributed by atoms with Crippen molar-refractivity contribution in [2.75, 3.05) is 32.6 Å². The molecule has 0 atom stereocenters. The lowest BCUT2D eigenvalue weighted by Gasteiger charge is -2.31. The number of rotatable bonds is 6. The number of carbonyl (C=O) groups excluding carboxylic acids is 1. The van der Waals surface area contributed by atoms with Gasteiger partial charge in [-0.25, -0.2) is 12.8 Å². The minimum absolute atomic E-state index is 0.00249. The van der Waals surface area contributed by atoms with Crippen molar-refractivity contribution in [3.05, 3.63) is 24.0 Å². The van der Waals surface area contributed by atoms with Gasteiger partial charge in [-0.2, -0.15) is 4.31 Å². The molecule has 1 aliphatic rings. The first-order valence-electron chi connectivity index (χ1n) is 7.55. The number of nitrogens with zero attached hydrogens (tertiary/aromatic N) is 1. The maximum atomic E-state index is 13.8. The van der Waals surface area contributed by atoms with Crippen LogP contribution in [0.3, 0.4) is 0 Å². The van der Waals surface area contributed by atoms with Crippen LogP contribution < -0.4 is 10.1 Å². The molecule has 2 rings (SSSR count). The molecular weight excluding hydrogens is 359 g/mol. The molecule has 0 radical (unpaired) electrons. The zero-order chi connectivity index (χ0) is 17.7. The van der Waals surface area contributed by atoms with E-state index in [1.165, 1.54) is 23.5 Å². The van der Waals surface area contributed by atoms with Gasteiger partial charge in [0.05, 0.1) is 12.0 Å². The maximum absolute atomic E-state index is 13.8. The van der Waals surface area contributed by atoms with E-state index in [0.29, 0.717) is 32.5 Å². The van der Waals surface area contributed by atoms with E-state index in [9.17, 15) is 17.6 Å². The fraction of sp³-hybridized carbons (Fsp3) is 0.533. The predicted octanol–water partition coefficient (Wildman–Crippen LogP) is 1.59. The summed E-state index contributed by atoms with van der Waals surface area (Å²) in [5, 5.41) is 2.71. The molecule has 6 nitrogen and oxygen atoms in total. The summed E-state index contributed by atoms with van der Waals surface area (Å²) in [7, 11) is -2.42. The van der Waals surface area contributed by atoms with Crippen LogP contribution in [0.25, 0.3) is 0 Å². The van der Waals surface area contributed by atoms with Crippen LogP contribution in [-0.4, -0.2) is 51.3 Å². The molecule has 1 aromatic carbocycles. The van der Waals surface area contributed by atoms with Crippen molar-refractivity contribution in [3.8, 4) is 5.75 Å². The molecule has 0 spiro atoms. The van der Waals surface area contributed by atoms with Gasteiger partial charge in [-0.05, 0) is 37.0 Å². The number of piperidine rings is 1. The average molecular weight is 379 g/mol. The van der Waals surface area contributed by atoms with Gasteiger partial charge in [0, 0.05) is 19.6 Å². The minimum Gasteiger partial charge on any atom is -0.494 e. The van der Waals surface area contributed by atoms with Crippen LogP contribution in [0.1, 0.15) is 12.8 Å². The molecule has 0 aromatic heterocycles. The van der Waals surface area contributed by atoms with Crippen molar-refractivity contribution in [1.82, 2.24) is 9.62 Å². The van der Waals surface area contributed by atoms with Crippen LogP contribution in [-0.2, 0) is 14.8 Å². The number of sulfonamides is 1. The van der Waals surface area contributed by atoms with E-state index in [-0.39, 0.29) is 28.4 Å². The first-order chi connectivity index (χ1) is 11.4. The van der Waals surface area contributed by atoms with Gasteiger partial charge in [0.2, 0.25) is 15.9 Å². The van der Waals surface area contributed by atoms with Crippen molar-refractivity contribution < 1.29 is 22.3 Å². The number of nitrogens with one attached hydrogen (secondary N) is 1. The number of ether oxygens (including phenoxy) is 1. The van der Waals surface area contributed by atoms with E-state index in [4.69, 9.17) is 16.3 Å². The van der Waals surface area contributed by atoms with Gasteiger partial charge in [0.1, 0.15) is 5.88 Å². The topological polar surface area (TPSA) is 75.7 Å². The molecule has 9 heteroatoms. The number of methoxy groups -OCH3 is 1. The Kier molecular flexibility index (Phi) is 6.42. The Morgan fingerprint density at radius 3 is 2.62 bits per heavy atom. The third-order valence-corrected chi connectivity index (χ3v) is 6.18. The number of amides is 1. The van der Waals surface area contributed by atoms with E-state index in [1.807, 2.05) is 0 Å². The van der Waals surface area contributed by atoms with E-state index in [1.54, 1.807) is 0 Å². The van der Waals surface area contributed by atoms with Crippen LogP contribution in [0.5, 0.6) is 5.75 Å². The van der Waals surface area contributed by atoms with Gasteiger partial charge in [0.15, 0.2) is 11.6 Å². The molecule has 1 amide bonds. The summed E-state index contributed by atoms with van der Waals surface area (Å²) < 4.78 is 45.1. The minimum atomic E-state index is -3.74. The second kappa shape index (κ2) is 8.13. The number of carbonyl (C=O) groups is 1. The first kappa shape index (κ1) is 19.0. The van der Waals surface area contributed by atoms with Gasteiger partial charge < -0.3 is 10.1 Å². The SMILES string of the molecule is COc1ccc(S(=O)(=O)N2CCC(CNC(=O)CCl)CC2)cc1F. The highest BCUT2D eigenvalue weighted by atomic mass is 35.5. The molecule has 24 heavy (non-hydrogen) atoms. The Balaban J connectivity index is 1.99. The molecule has 1 saturated heterocycles. The lowest BCUT2D eigenvalue weighted by Crippen LogP contribution is -2.41. The zero-order valence-corrected chi connectivity index (χ0v) is 14.9. The highest BCUT2D eigenvalue weighted by molar-refractivity contribution is 7.89. The molecule has 134 valence electrons. The molecule has 0 unspecified atom stereocenters. The number of halogens is 2. The third-order valence-electron chi connectivity index (χ3n) is 4.04. The van der Waals surface area contributed by atoms with Crippen LogP contribution >= 0.6 is 11.6 Å². The fourth-order valence-corrected chi connectivity index (χ4v) is 4.19. The molecule has 1 fully saturated rings. The van der Waals surface area contributed by atoms with Crippen molar-refractivity contribution in [2.45, 2.75) is 17.7 Å². The van der Waals surface area contributed by atoms with Crippen molar-refractivity contribution in [1.29, 1.82) is 0 Å². The Bertz CT molecular complexity index is 691. The van der Waals surface area contributed by atoms with Crippen LogP contribution in [0.2, 0.25) is 0 Å². The highest BCUT2D eigenvalue weighted by Gasteiger charge is 2.30. The summed E-state index contributed by atoms with van der Waals surface area (Å²) in [5.41, 5.74) is 0. The van der Waals surface area contributed by atoms with Crippen LogP contribution in [0.15, 0.2) is 23.1 Å².